The van der Waals surface area contributed by atoms with Gasteiger partial charge in [-0.2, -0.15) is 5.26 Å². The molecule has 1 unspecified atom stereocenters. The number of allylic oxidation sites excluding steroid dienone is 6. The van der Waals surface area contributed by atoms with Gasteiger partial charge in [-0.25, -0.2) is 4.79 Å². The van der Waals surface area contributed by atoms with Crippen molar-refractivity contribution in [2.45, 2.75) is 158 Å². The van der Waals surface area contributed by atoms with Gasteiger partial charge in [-0.05, 0) is 122 Å². The Bertz CT molecular complexity index is 1690. The van der Waals surface area contributed by atoms with Crippen LogP contribution in [0.2, 0.25) is 0 Å². The molecule has 16 heteroatoms. The van der Waals surface area contributed by atoms with Crippen LogP contribution in [0, 0.1) is 29.1 Å². The molecule has 0 aliphatic carbocycles. The molecule has 2 fully saturated rings. The van der Waals surface area contributed by atoms with Crippen LogP contribution in [0.25, 0.3) is 0 Å². The van der Waals surface area contributed by atoms with Gasteiger partial charge in [0.1, 0.15) is 17.8 Å². The summed E-state index contributed by atoms with van der Waals surface area (Å²) in [6.07, 6.45) is 9.14. The van der Waals surface area contributed by atoms with Crippen LogP contribution in [0.4, 0.5) is 4.79 Å². The third kappa shape index (κ3) is 16.7. The van der Waals surface area contributed by atoms with Crippen LogP contribution in [0.15, 0.2) is 66.5 Å². The van der Waals surface area contributed by atoms with Crippen molar-refractivity contribution in [1.29, 1.82) is 5.26 Å². The van der Waals surface area contributed by atoms with Crippen molar-refractivity contribution >= 4 is 34.6 Å². The fraction of sp³-hybridized carbons (Fsp3) is 0.708. The van der Waals surface area contributed by atoms with Gasteiger partial charge in [-0.15, -0.1) is 5.73 Å². The Balaban J connectivity index is 2.52. The Morgan fingerprint density at radius 2 is 1.77 bits per heavy atom. The molecule has 0 radical (unpaired) electrons. The summed E-state index contributed by atoms with van der Waals surface area (Å²) >= 11 is 1.77. The molecule has 15 nitrogen and oxygen atoms in total. The van der Waals surface area contributed by atoms with Crippen molar-refractivity contribution < 1.29 is 49.3 Å². The fourth-order valence-corrected chi connectivity index (χ4v) is 9.11. The number of amides is 2. The third-order valence-corrected chi connectivity index (χ3v) is 13.8. The minimum atomic E-state index is -1.95. The first-order valence-corrected chi connectivity index (χ1v) is 23.7. The van der Waals surface area contributed by atoms with E-state index < -0.39 is 75.9 Å². The zero-order chi connectivity index (χ0) is 48.5. The minimum Gasteiger partial charge on any atom is -0.448 e. The highest BCUT2D eigenvalue weighted by atomic mass is 127. The summed E-state index contributed by atoms with van der Waals surface area (Å²) in [6.45, 7) is 20.3. The van der Waals surface area contributed by atoms with E-state index in [4.69, 9.17) is 14.2 Å². The molecule has 0 spiro atoms. The number of urea groups is 1. The topological polar surface area (TPSA) is 209 Å². The normalized spacial score (nSPS) is 35.5. The number of rotatable bonds is 15. The van der Waals surface area contributed by atoms with Gasteiger partial charge in [-0.3, -0.25) is 9.69 Å². The first-order chi connectivity index (χ1) is 29.9. The molecule has 2 rings (SSSR count). The average molecular weight is 1010 g/mol. The smallest absolute Gasteiger partial charge is 0.317 e. The molecule has 0 bridgehead atoms. The Hall–Kier alpha value is -2.92. The van der Waals surface area contributed by atoms with E-state index in [1.54, 1.807) is 66.5 Å². The van der Waals surface area contributed by atoms with E-state index in [1.807, 2.05) is 82.0 Å². The summed E-state index contributed by atoms with van der Waals surface area (Å²) in [5.41, 5.74) is 0.319. The van der Waals surface area contributed by atoms with Gasteiger partial charge in [0.25, 0.3) is 0 Å². The van der Waals surface area contributed by atoms with Gasteiger partial charge < -0.3 is 54.9 Å². The number of carbonyl (C=O) groups is 2. The van der Waals surface area contributed by atoms with Crippen LogP contribution < -0.4 is 5.32 Å². The Kier molecular flexibility index (Phi) is 24.2. The number of cyclic esters (lactones) is 1. The number of hydrogen-bond donors (Lipinski definition) is 6. The molecule has 0 aromatic rings. The van der Waals surface area contributed by atoms with Crippen molar-refractivity contribution in [2.75, 3.05) is 40.3 Å². The first kappa shape index (κ1) is 57.2. The molecule has 6 N–H and O–H groups in total. The number of aliphatic hydroxyl groups is 5. The lowest BCUT2D eigenvalue weighted by Gasteiger charge is -2.46. The maximum atomic E-state index is 13.8. The number of nitriles is 1. The minimum absolute atomic E-state index is 0.104. The third-order valence-electron chi connectivity index (χ3n) is 12.3. The summed E-state index contributed by atoms with van der Waals surface area (Å²) in [6, 6.07) is 0.271. The second-order valence-electron chi connectivity index (χ2n) is 18.3. The second kappa shape index (κ2) is 27.0. The highest BCUT2D eigenvalue weighted by Gasteiger charge is 2.50. The van der Waals surface area contributed by atoms with Crippen LogP contribution in [-0.4, -0.2) is 163 Å². The average Bonchev–Trinajstić information content (AvgIpc) is 3.23. The number of hydrogen-bond acceptors (Lipinski definition) is 13. The maximum absolute atomic E-state index is 13.8. The van der Waals surface area contributed by atoms with Crippen molar-refractivity contribution in [1.82, 2.24) is 20.0 Å². The van der Waals surface area contributed by atoms with Gasteiger partial charge in [-0.1, -0.05) is 56.9 Å². The van der Waals surface area contributed by atoms with E-state index in [2.05, 4.69) is 23.7 Å². The predicted octanol–water partition coefficient (Wildman–Crippen LogP) is 4.99. The zero-order valence-corrected chi connectivity index (χ0v) is 42.1. The zero-order valence-electron chi connectivity index (χ0n) is 39.9. The first-order valence-electron chi connectivity index (χ1n) is 22.5. The molecule has 0 aromatic carbocycles. The van der Waals surface area contributed by atoms with E-state index >= 15 is 0 Å². The molecule has 2 amide bonds. The largest absolute Gasteiger partial charge is 0.448 e. The number of likely N-dealkylation sites (N-methyl/N-ethyl adjacent to an activating group) is 1. The van der Waals surface area contributed by atoms with Gasteiger partial charge >= 0.3 is 12.0 Å². The number of carbonyl (C=O) groups excluding carboxylic acids is 2. The van der Waals surface area contributed by atoms with Crippen molar-refractivity contribution in [2.24, 2.45) is 17.8 Å². The quantitative estimate of drug-likeness (QED) is 0.0421. The molecule has 2 heterocycles. The van der Waals surface area contributed by atoms with Crippen LogP contribution in [0.5, 0.6) is 0 Å². The molecule has 2 aliphatic heterocycles. The summed E-state index contributed by atoms with van der Waals surface area (Å²) < 4.78 is 17.1. The molecule has 362 valence electrons. The number of aliphatic hydroxyl groups excluding tert-OH is 3. The van der Waals surface area contributed by atoms with E-state index in [1.165, 1.54) is 13.8 Å². The predicted molar refractivity (Wildman–Crippen MR) is 257 cm³/mol. The molecule has 64 heavy (non-hydrogen) atoms. The number of esters is 1. The Morgan fingerprint density at radius 1 is 1.09 bits per heavy atom. The molecule has 2 aliphatic rings. The van der Waals surface area contributed by atoms with Gasteiger partial charge in [0.2, 0.25) is 0 Å². The van der Waals surface area contributed by atoms with Crippen molar-refractivity contribution in [3.05, 3.63) is 66.5 Å². The number of nitrogens with zero attached hydrogens (tertiary/aromatic N) is 4. The van der Waals surface area contributed by atoms with Crippen LogP contribution in [0.3, 0.4) is 0 Å². The molecule has 15 atom stereocenters. The van der Waals surface area contributed by atoms with Crippen molar-refractivity contribution in [3.8, 4) is 6.07 Å². The number of alkyl halides is 1. The monoisotopic (exact) mass is 1010 g/mol. The second-order valence-corrected chi connectivity index (χ2v) is 19.4. The lowest BCUT2D eigenvalue weighted by Crippen LogP contribution is -2.59. The van der Waals surface area contributed by atoms with E-state index in [9.17, 15) is 40.4 Å². The van der Waals surface area contributed by atoms with E-state index in [0.717, 1.165) is 0 Å². The highest BCUT2D eigenvalue weighted by molar-refractivity contribution is 14.1. The summed E-state index contributed by atoms with van der Waals surface area (Å²) in [7, 11) is 3.71. The maximum Gasteiger partial charge on any atom is 0.317 e. The Labute approximate surface area is 396 Å². The highest BCUT2D eigenvalue weighted by Crippen LogP contribution is 2.37. The number of ether oxygens (including phenoxy) is 3. The molecule has 0 saturated carbocycles. The van der Waals surface area contributed by atoms with Gasteiger partial charge in [0, 0.05) is 49.8 Å². The lowest BCUT2D eigenvalue weighted by atomic mass is 9.78. The lowest BCUT2D eigenvalue weighted by molar-refractivity contribution is -0.299. The van der Waals surface area contributed by atoms with Crippen LogP contribution in [-0.2, 0) is 19.0 Å². The molecular weight excluding hydrogens is 933 g/mol. The SMILES string of the molecule is C=C/C=C\C(=C=C/C=C\C=C/C)C(C)NC(=O)N(CCC#N)CCCN1C[C@H](C)C[C@@](C)(O)[C@H](O[C@@H]2O[C@H](C)C[C@H](N(C)C)[C@H]2O)[C@@H](C)[C@H](O)[C@@H](C)C(=O)O[C@H](I)[C@@](C)(O)[C@H](O)[C@H]1C. The van der Waals surface area contributed by atoms with E-state index in [-0.39, 0.29) is 50.0 Å². The van der Waals surface area contributed by atoms with Crippen LogP contribution in [0.1, 0.15) is 88.0 Å². The number of halogens is 1. The summed E-state index contributed by atoms with van der Waals surface area (Å²) in [4.78, 5) is 32.8. The summed E-state index contributed by atoms with van der Waals surface area (Å²) in [5.74, 6) is -3.14. The number of nitrogens with one attached hydrogen (secondary N) is 1. The Morgan fingerprint density at radius 3 is 2.38 bits per heavy atom. The summed E-state index contributed by atoms with van der Waals surface area (Å²) in [5, 5.41) is 71.7. The standard InChI is InChI=1S/C48H78IN5O10/c1-13-15-17-18-19-23-37(22-16-14-2)35(7)51-46(59)53(25-20-24-50)26-21-27-54-30-31(3)29-47(9,60)42(63-44-40(56)38(52(11)12)28-32(4)62-44)33(5)39(55)34(6)43(58)64-45(49)48(10,61)41(57)36(54)8/h13-19,22,31-36,38-42,44-45,55-57,60-61H,2,20-21,25-30H2,1,3-12H3,(H,51,59)/b15-13-,18-17-,22-16-/t23?,31-,32-,33+,34-,35?,36-,38+,39+,40-,41-,42-,44+,45+,47-,48+/m1/s1. The molecule has 2 saturated heterocycles. The molecule has 0 aromatic heterocycles. The van der Waals surface area contributed by atoms with Crippen molar-refractivity contribution in [3.63, 3.8) is 0 Å². The molecular formula is C48H78IN5O10. The van der Waals surface area contributed by atoms with E-state index in [0.29, 0.717) is 31.5 Å². The van der Waals surface area contributed by atoms with Gasteiger partial charge in [0.05, 0.1) is 48.4 Å². The fourth-order valence-electron chi connectivity index (χ4n) is 8.49. The van der Waals surface area contributed by atoms with Gasteiger partial charge in [0.15, 0.2) is 10.4 Å². The van der Waals surface area contributed by atoms with Crippen LogP contribution >= 0.6 is 22.6 Å².